The maximum absolute atomic E-state index is 10.3. The van der Waals surface area contributed by atoms with Crippen molar-refractivity contribution in [1.29, 1.82) is 0 Å². The maximum Gasteiger partial charge on any atom is 0.164 e. The van der Waals surface area contributed by atoms with Crippen LogP contribution in [0.2, 0.25) is 0 Å². The summed E-state index contributed by atoms with van der Waals surface area (Å²) in [6, 6.07) is 11.6. The summed E-state index contributed by atoms with van der Waals surface area (Å²) in [6.07, 6.45) is 7.10. The molecule has 4 heterocycles. The van der Waals surface area contributed by atoms with Gasteiger partial charge in [-0.1, -0.05) is 19.1 Å². The molecule has 1 fully saturated rings. The minimum absolute atomic E-state index is 0.343. The third kappa shape index (κ3) is 3.70. The van der Waals surface area contributed by atoms with Crippen molar-refractivity contribution in [2.24, 2.45) is 5.92 Å². The van der Waals surface area contributed by atoms with Crippen molar-refractivity contribution in [3.05, 3.63) is 59.2 Å². The summed E-state index contributed by atoms with van der Waals surface area (Å²) in [6.45, 7) is 5.74. The van der Waals surface area contributed by atoms with Crippen LogP contribution in [0.4, 0.5) is 11.5 Å². The van der Waals surface area contributed by atoms with E-state index >= 15 is 0 Å². The molecular formula is C26H27N5OS. The number of thiophene rings is 1. The quantitative estimate of drug-likeness (QED) is 0.472. The number of hydrogen-bond acceptors (Lipinski definition) is 7. The number of para-hydroxylation sites is 2. The first-order chi connectivity index (χ1) is 16.2. The van der Waals surface area contributed by atoms with Crippen molar-refractivity contribution >= 4 is 33.1 Å². The number of aromatic nitrogens is 3. The molecule has 1 aromatic carbocycles. The summed E-state index contributed by atoms with van der Waals surface area (Å²) in [5.41, 5.74) is 3.32. The number of aromatic hydroxyl groups is 1. The van der Waals surface area contributed by atoms with Gasteiger partial charge < -0.3 is 14.9 Å². The number of piperazine rings is 1. The van der Waals surface area contributed by atoms with Gasteiger partial charge in [0.05, 0.1) is 11.1 Å². The Bertz CT molecular complexity index is 1300. The van der Waals surface area contributed by atoms with Crippen LogP contribution in [-0.2, 0) is 12.8 Å². The SMILES string of the molecule is C[C@H]1CCc2c(sc3nc(-c4cccnc4)nc(N4CCN(c5ccccc5O)CC4)c23)C1. The minimum Gasteiger partial charge on any atom is -0.506 e. The van der Waals surface area contributed by atoms with Crippen LogP contribution in [-0.4, -0.2) is 46.2 Å². The molecule has 4 aromatic rings. The molecule has 0 amide bonds. The summed E-state index contributed by atoms with van der Waals surface area (Å²) < 4.78 is 0. The van der Waals surface area contributed by atoms with E-state index < -0.39 is 0 Å². The van der Waals surface area contributed by atoms with Gasteiger partial charge in [-0.3, -0.25) is 4.98 Å². The van der Waals surface area contributed by atoms with E-state index in [0.717, 1.165) is 72.7 Å². The predicted octanol–water partition coefficient (Wildman–Crippen LogP) is 4.91. The molecule has 0 saturated carbocycles. The summed E-state index contributed by atoms with van der Waals surface area (Å²) in [5.74, 6) is 2.88. The van der Waals surface area contributed by atoms with Gasteiger partial charge in [0.15, 0.2) is 5.82 Å². The summed E-state index contributed by atoms with van der Waals surface area (Å²) in [7, 11) is 0. The van der Waals surface area contributed by atoms with Gasteiger partial charge in [0.1, 0.15) is 16.4 Å². The third-order valence-electron chi connectivity index (χ3n) is 6.86. The van der Waals surface area contributed by atoms with Gasteiger partial charge in [-0.15, -0.1) is 11.3 Å². The average Bonchev–Trinajstić information content (AvgIpc) is 3.22. The van der Waals surface area contributed by atoms with Crippen LogP contribution in [0.25, 0.3) is 21.6 Å². The fourth-order valence-corrected chi connectivity index (χ4v) is 6.44. The molecule has 0 unspecified atom stereocenters. The Morgan fingerprint density at radius 3 is 2.61 bits per heavy atom. The van der Waals surface area contributed by atoms with Crippen LogP contribution >= 0.6 is 11.3 Å². The highest BCUT2D eigenvalue weighted by Crippen LogP contribution is 2.42. The number of benzene rings is 1. The lowest BCUT2D eigenvalue weighted by molar-refractivity contribution is 0.472. The molecule has 0 bridgehead atoms. The van der Waals surface area contributed by atoms with Crippen molar-refractivity contribution in [2.75, 3.05) is 36.0 Å². The lowest BCUT2D eigenvalue weighted by atomic mass is 9.89. The van der Waals surface area contributed by atoms with Gasteiger partial charge in [0, 0.05) is 49.0 Å². The van der Waals surface area contributed by atoms with Crippen LogP contribution in [0.5, 0.6) is 5.75 Å². The zero-order chi connectivity index (χ0) is 22.4. The normalized spacial score (nSPS) is 18.5. The molecule has 1 saturated heterocycles. The van der Waals surface area contributed by atoms with E-state index in [1.807, 2.05) is 47.9 Å². The molecule has 2 aliphatic rings. The Morgan fingerprint density at radius 2 is 1.82 bits per heavy atom. The number of hydrogen-bond donors (Lipinski definition) is 1. The monoisotopic (exact) mass is 457 g/mol. The van der Waals surface area contributed by atoms with Gasteiger partial charge in [-0.25, -0.2) is 9.97 Å². The van der Waals surface area contributed by atoms with E-state index in [9.17, 15) is 5.11 Å². The summed E-state index contributed by atoms with van der Waals surface area (Å²) in [4.78, 5) is 21.7. The molecule has 0 radical (unpaired) electrons. The molecule has 33 heavy (non-hydrogen) atoms. The van der Waals surface area contributed by atoms with Crippen molar-refractivity contribution in [1.82, 2.24) is 15.0 Å². The molecule has 6 rings (SSSR count). The van der Waals surface area contributed by atoms with Crippen LogP contribution in [0.1, 0.15) is 23.8 Å². The predicted molar refractivity (Wildman–Crippen MR) is 134 cm³/mol. The first kappa shape index (κ1) is 20.4. The lowest BCUT2D eigenvalue weighted by Crippen LogP contribution is -2.47. The largest absolute Gasteiger partial charge is 0.506 e. The smallest absolute Gasteiger partial charge is 0.164 e. The Kier molecular flexibility index (Phi) is 5.14. The van der Waals surface area contributed by atoms with Gasteiger partial charge >= 0.3 is 0 Å². The maximum atomic E-state index is 10.3. The van der Waals surface area contributed by atoms with Crippen LogP contribution in [0, 0.1) is 5.92 Å². The van der Waals surface area contributed by atoms with Gasteiger partial charge in [0.2, 0.25) is 0 Å². The van der Waals surface area contributed by atoms with Crippen molar-refractivity contribution in [2.45, 2.75) is 26.2 Å². The van der Waals surface area contributed by atoms with Crippen LogP contribution in [0.15, 0.2) is 48.8 Å². The first-order valence-corrected chi connectivity index (χ1v) is 12.5. The molecule has 1 N–H and O–H groups in total. The van der Waals surface area contributed by atoms with E-state index in [0.29, 0.717) is 5.75 Å². The molecule has 6 nitrogen and oxygen atoms in total. The van der Waals surface area contributed by atoms with Gasteiger partial charge in [0.25, 0.3) is 0 Å². The van der Waals surface area contributed by atoms with E-state index in [1.54, 1.807) is 12.3 Å². The fourth-order valence-electron chi connectivity index (χ4n) is 5.07. The molecule has 7 heteroatoms. The van der Waals surface area contributed by atoms with Crippen LogP contribution in [0.3, 0.4) is 0 Å². The highest BCUT2D eigenvalue weighted by molar-refractivity contribution is 7.19. The second-order valence-electron chi connectivity index (χ2n) is 9.11. The molecule has 0 spiro atoms. The Morgan fingerprint density at radius 1 is 1.00 bits per heavy atom. The molecule has 1 atom stereocenters. The number of phenolic OH excluding ortho intramolecular Hbond substituents is 1. The second-order valence-corrected chi connectivity index (χ2v) is 10.2. The standard InChI is InChI=1S/C26H27N5OS/c1-17-8-9-19-22(15-17)33-26-23(19)25(28-24(29-26)18-5-4-10-27-16-18)31-13-11-30(12-14-31)20-6-2-3-7-21(20)32/h2-7,10,16-17,32H,8-9,11-15H2,1H3/t17-/m0/s1. The number of pyridine rings is 1. The Labute approximate surface area is 197 Å². The fraction of sp³-hybridized carbons (Fsp3) is 0.346. The van der Waals surface area contributed by atoms with E-state index in [-0.39, 0.29) is 0 Å². The van der Waals surface area contributed by atoms with Gasteiger partial charge in [-0.05, 0) is 55.0 Å². The summed E-state index contributed by atoms with van der Waals surface area (Å²) >= 11 is 1.85. The van der Waals surface area contributed by atoms with Crippen LogP contribution < -0.4 is 9.80 Å². The molecule has 1 aliphatic carbocycles. The van der Waals surface area contributed by atoms with Crippen molar-refractivity contribution < 1.29 is 5.11 Å². The highest BCUT2D eigenvalue weighted by Gasteiger charge is 2.28. The Hall–Kier alpha value is -3.19. The number of phenols is 1. The zero-order valence-electron chi connectivity index (χ0n) is 18.7. The molecular weight excluding hydrogens is 430 g/mol. The Balaban J connectivity index is 1.40. The number of rotatable bonds is 3. The molecule has 168 valence electrons. The van der Waals surface area contributed by atoms with E-state index in [4.69, 9.17) is 9.97 Å². The topological polar surface area (TPSA) is 65.4 Å². The molecule has 1 aliphatic heterocycles. The first-order valence-electron chi connectivity index (χ1n) is 11.7. The summed E-state index contributed by atoms with van der Waals surface area (Å²) in [5, 5.41) is 11.6. The lowest BCUT2D eigenvalue weighted by Gasteiger charge is -2.37. The highest BCUT2D eigenvalue weighted by atomic mass is 32.1. The third-order valence-corrected chi connectivity index (χ3v) is 8.01. The number of anilines is 2. The number of aryl methyl sites for hydroxylation is 1. The van der Waals surface area contributed by atoms with Gasteiger partial charge in [-0.2, -0.15) is 0 Å². The van der Waals surface area contributed by atoms with Crippen molar-refractivity contribution in [3.63, 3.8) is 0 Å². The average molecular weight is 458 g/mol. The van der Waals surface area contributed by atoms with Crippen molar-refractivity contribution in [3.8, 4) is 17.1 Å². The minimum atomic E-state index is 0.343. The van der Waals surface area contributed by atoms with E-state index in [1.165, 1.54) is 22.2 Å². The second kappa shape index (κ2) is 8.30. The number of nitrogens with zero attached hydrogens (tertiary/aromatic N) is 5. The zero-order valence-corrected chi connectivity index (χ0v) is 19.6. The molecule has 3 aromatic heterocycles. The number of fused-ring (bicyclic) bond motifs is 3. The van der Waals surface area contributed by atoms with E-state index in [2.05, 4.69) is 21.7 Å².